The number of esters is 1. The van der Waals surface area contributed by atoms with Crippen molar-refractivity contribution in [1.82, 2.24) is 0 Å². The Bertz CT molecular complexity index is 205. The van der Waals surface area contributed by atoms with E-state index in [1.165, 1.54) is 18.9 Å². The molecule has 0 saturated carbocycles. The lowest BCUT2D eigenvalue weighted by Crippen LogP contribution is -2.20. The van der Waals surface area contributed by atoms with Gasteiger partial charge >= 0.3 is 11.9 Å². The van der Waals surface area contributed by atoms with E-state index in [9.17, 15) is 9.59 Å². The van der Waals surface area contributed by atoms with E-state index in [1.807, 2.05) is 13.8 Å². The van der Waals surface area contributed by atoms with Crippen molar-refractivity contribution in [1.29, 1.82) is 0 Å². The molecule has 2 atom stereocenters. The maximum absolute atomic E-state index is 10.9. The van der Waals surface area contributed by atoms with Gasteiger partial charge in [-0.15, -0.1) is 11.8 Å². The number of aliphatic carboxylic acids is 1. The summed E-state index contributed by atoms with van der Waals surface area (Å²) >= 11 is 1.30. The summed E-state index contributed by atoms with van der Waals surface area (Å²) in [4.78, 5) is 21.6. The minimum absolute atomic E-state index is 0.0245. The van der Waals surface area contributed by atoms with Crippen LogP contribution in [0.1, 0.15) is 26.7 Å². The van der Waals surface area contributed by atoms with Crippen LogP contribution in [0.5, 0.6) is 0 Å². The fourth-order valence-electron chi connectivity index (χ4n) is 0.976. The minimum Gasteiger partial charge on any atom is -0.480 e. The van der Waals surface area contributed by atoms with Gasteiger partial charge in [-0.1, -0.05) is 13.8 Å². The Balaban J connectivity index is 3.96. The summed E-state index contributed by atoms with van der Waals surface area (Å²) in [5.41, 5.74) is 0. The molecule has 0 aromatic carbocycles. The van der Waals surface area contributed by atoms with Crippen LogP contribution in [0.15, 0.2) is 0 Å². The molecule has 0 aromatic heterocycles. The van der Waals surface area contributed by atoms with Gasteiger partial charge in [0.05, 0.1) is 13.5 Å². The second-order valence-electron chi connectivity index (χ2n) is 2.96. The molecule has 2 unspecified atom stereocenters. The van der Waals surface area contributed by atoms with Crippen LogP contribution in [0.25, 0.3) is 0 Å². The monoisotopic (exact) mass is 220 g/mol. The van der Waals surface area contributed by atoms with Crippen molar-refractivity contribution < 1.29 is 19.4 Å². The second-order valence-corrected chi connectivity index (χ2v) is 4.61. The summed E-state index contributed by atoms with van der Waals surface area (Å²) < 4.78 is 4.50. The van der Waals surface area contributed by atoms with Gasteiger partial charge in [0.1, 0.15) is 5.25 Å². The molecular formula is C9H16O4S. The number of carbonyl (C=O) groups is 2. The second kappa shape index (κ2) is 6.70. The van der Waals surface area contributed by atoms with Crippen molar-refractivity contribution in [2.24, 2.45) is 0 Å². The molecule has 1 N–H and O–H groups in total. The summed E-state index contributed by atoms with van der Waals surface area (Å²) in [7, 11) is 1.33. The maximum atomic E-state index is 10.9. The highest BCUT2D eigenvalue weighted by Gasteiger charge is 2.20. The van der Waals surface area contributed by atoms with Crippen molar-refractivity contribution >= 4 is 23.7 Å². The molecule has 0 aliphatic rings. The first-order valence-electron chi connectivity index (χ1n) is 4.46. The van der Waals surface area contributed by atoms with Gasteiger partial charge in [-0.25, -0.2) is 0 Å². The van der Waals surface area contributed by atoms with Crippen molar-refractivity contribution in [2.45, 2.75) is 37.2 Å². The van der Waals surface area contributed by atoms with Crippen LogP contribution in [0.2, 0.25) is 0 Å². The standard InChI is InChI=1S/C9H16O4S/c1-4-7(9(11)12)14-6(2)5-8(10)13-3/h6-7H,4-5H2,1-3H3,(H,11,12). The zero-order chi connectivity index (χ0) is 11.1. The van der Waals surface area contributed by atoms with Crippen LogP contribution >= 0.6 is 11.8 Å². The van der Waals surface area contributed by atoms with E-state index in [4.69, 9.17) is 5.11 Å². The SMILES string of the molecule is CCC(SC(C)CC(=O)OC)C(=O)O. The molecule has 0 spiro atoms. The summed E-state index contributed by atoms with van der Waals surface area (Å²) in [5, 5.41) is 8.32. The first-order chi connectivity index (χ1) is 6.51. The number of ether oxygens (including phenoxy) is 1. The maximum Gasteiger partial charge on any atom is 0.316 e. The molecule has 4 nitrogen and oxygen atoms in total. The Morgan fingerprint density at radius 3 is 2.43 bits per heavy atom. The van der Waals surface area contributed by atoms with Gasteiger partial charge in [0.25, 0.3) is 0 Å². The lowest BCUT2D eigenvalue weighted by atomic mass is 10.3. The number of methoxy groups -OCH3 is 1. The van der Waals surface area contributed by atoms with E-state index in [2.05, 4.69) is 4.74 Å². The molecule has 0 bridgehead atoms. The molecule has 0 fully saturated rings. The lowest BCUT2D eigenvalue weighted by molar-refractivity contribution is -0.140. The predicted molar refractivity (Wildman–Crippen MR) is 55.4 cm³/mol. The normalized spacial score (nSPS) is 14.5. The number of carboxylic acids is 1. The first kappa shape index (κ1) is 13.3. The van der Waals surface area contributed by atoms with Crippen LogP contribution in [0.4, 0.5) is 0 Å². The third-order valence-corrected chi connectivity index (χ3v) is 3.22. The van der Waals surface area contributed by atoms with E-state index in [0.29, 0.717) is 6.42 Å². The molecule has 0 rings (SSSR count). The summed E-state index contributed by atoms with van der Waals surface area (Å²) in [5.74, 6) is -1.13. The quantitative estimate of drug-likeness (QED) is 0.688. The highest BCUT2D eigenvalue weighted by atomic mass is 32.2. The molecule has 0 amide bonds. The molecule has 0 aliphatic heterocycles. The number of carboxylic acid groups (broad SMARTS) is 1. The Hall–Kier alpha value is -0.710. The predicted octanol–water partition coefficient (Wildman–Crippen LogP) is 1.53. The number of hydrogen-bond donors (Lipinski definition) is 1. The average molecular weight is 220 g/mol. The number of thioether (sulfide) groups is 1. The number of rotatable bonds is 6. The van der Waals surface area contributed by atoms with E-state index in [1.54, 1.807) is 0 Å². The van der Waals surface area contributed by atoms with Gasteiger partial charge < -0.3 is 9.84 Å². The van der Waals surface area contributed by atoms with Gasteiger partial charge in [0.15, 0.2) is 0 Å². The van der Waals surface area contributed by atoms with Crippen LogP contribution in [-0.4, -0.2) is 34.7 Å². The number of carbonyl (C=O) groups excluding carboxylic acids is 1. The summed E-state index contributed by atoms with van der Waals surface area (Å²) in [6.07, 6.45) is 0.816. The van der Waals surface area contributed by atoms with Gasteiger partial charge in [0, 0.05) is 5.25 Å². The molecule has 0 radical (unpaired) electrons. The van der Waals surface area contributed by atoms with Gasteiger partial charge in [0.2, 0.25) is 0 Å². The first-order valence-corrected chi connectivity index (χ1v) is 5.40. The molecule has 0 saturated heterocycles. The van der Waals surface area contributed by atoms with Crippen LogP contribution in [0.3, 0.4) is 0 Å². The Morgan fingerprint density at radius 1 is 1.50 bits per heavy atom. The molecule has 82 valence electrons. The largest absolute Gasteiger partial charge is 0.480 e. The topological polar surface area (TPSA) is 63.6 Å². The Kier molecular flexibility index (Phi) is 6.36. The van der Waals surface area contributed by atoms with Gasteiger partial charge in [-0.3, -0.25) is 9.59 Å². The third-order valence-electron chi connectivity index (χ3n) is 1.72. The van der Waals surface area contributed by atoms with Gasteiger partial charge in [-0.05, 0) is 6.42 Å². The zero-order valence-electron chi connectivity index (χ0n) is 8.65. The minimum atomic E-state index is -0.825. The van der Waals surface area contributed by atoms with Crippen LogP contribution in [0, 0.1) is 0 Å². The Morgan fingerprint density at radius 2 is 2.07 bits per heavy atom. The van der Waals surface area contributed by atoms with Crippen LogP contribution < -0.4 is 0 Å². The van der Waals surface area contributed by atoms with Crippen molar-refractivity contribution in [3.8, 4) is 0 Å². The van der Waals surface area contributed by atoms with E-state index >= 15 is 0 Å². The average Bonchev–Trinajstić information content (AvgIpc) is 2.13. The van der Waals surface area contributed by atoms with Crippen LogP contribution in [-0.2, 0) is 14.3 Å². The zero-order valence-corrected chi connectivity index (χ0v) is 9.47. The highest BCUT2D eigenvalue weighted by molar-refractivity contribution is 8.01. The molecule has 5 heteroatoms. The smallest absolute Gasteiger partial charge is 0.316 e. The van der Waals surface area contributed by atoms with Gasteiger partial charge in [-0.2, -0.15) is 0 Å². The molecule has 0 heterocycles. The third kappa shape index (κ3) is 5.11. The highest BCUT2D eigenvalue weighted by Crippen LogP contribution is 2.23. The molecular weight excluding hydrogens is 204 g/mol. The van der Waals surface area contributed by atoms with Crippen molar-refractivity contribution in [2.75, 3.05) is 7.11 Å². The summed E-state index contributed by atoms with van der Waals surface area (Å²) in [6.45, 7) is 3.64. The number of hydrogen-bond acceptors (Lipinski definition) is 4. The fourth-order valence-corrected chi connectivity index (χ4v) is 2.08. The lowest BCUT2D eigenvalue weighted by Gasteiger charge is -2.14. The van der Waals surface area contributed by atoms with Crippen molar-refractivity contribution in [3.63, 3.8) is 0 Å². The molecule has 14 heavy (non-hydrogen) atoms. The Labute approximate surface area is 88.0 Å². The molecule has 0 aliphatic carbocycles. The fraction of sp³-hybridized carbons (Fsp3) is 0.778. The van der Waals surface area contributed by atoms with E-state index in [0.717, 1.165) is 0 Å². The summed E-state index contributed by atoms with van der Waals surface area (Å²) in [6, 6.07) is 0. The van der Waals surface area contributed by atoms with Crippen molar-refractivity contribution in [3.05, 3.63) is 0 Å². The molecule has 0 aromatic rings. The van der Waals surface area contributed by atoms with E-state index < -0.39 is 11.2 Å². The van der Waals surface area contributed by atoms with E-state index in [-0.39, 0.29) is 17.6 Å².